The van der Waals surface area contributed by atoms with Crippen molar-refractivity contribution in [3.63, 3.8) is 0 Å². The van der Waals surface area contributed by atoms with Gasteiger partial charge in [0.05, 0.1) is 19.8 Å². The molecule has 2 N–H and O–H groups in total. The standard InChI is InChI=1S/C9H21NO2S/c1-9(13-2)3-4-10-5-7-12-8-6-11/h9-11H,3-8H2,1-2H3. The third-order valence-electron chi connectivity index (χ3n) is 1.79. The molecule has 0 fully saturated rings. The van der Waals surface area contributed by atoms with Crippen LogP contribution in [-0.2, 0) is 4.74 Å². The molecule has 13 heavy (non-hydrogen) atoms. The molecule has 1 unspecified atom stereocenters. The second kappa shape index (κ2) is 10.3. The van der Waals surface area contributed by atoms with Crippen LogP contribution in [0.3, 0.4) is 0 Å². The Morgan fingerprint density at radius 2 is 2.15 bits per heavy atom. The fourth-order valence-electron chi connectivity index (χ4n) is 0.859. The van der Waals surface area contributed by atoms with Crippen LogP contribution >= 0.6 is 11.8 Å². The summed E-state index contributed by atoms with van der Waals surface area (Å²) < 4.78 is 5.10. The summed E-state index contributed by atoms with van der Waals surface area (Å²) in [6.07, 6.45) is 3.33. The smallest absolute Gasteiger partial charge is 0.0698 e. The van der Waals surface area contributed by atoms with Crippen LogP contribution in [0.15, 0.2) is 0 Å². The van der Waals surface area contributed by atoms with E-state index >= 15 is 0 Å². The van der Waals surface area contributed by atoms with Crippen molar-refractivity contribution in [2.45, 2.75) is 18.6 Å². The van der Waals surface area contributed by atoms with E-state index in [2.05, 4.69) is 18.5 Å². The second-order valence-electron chi connectivity index (χ2n) is 2.92. The van der Waals surface area contributed by atoms with Crippen LogP contribution in [0.5, 0.6) is 0 Å². The second-order valence-corrected chi connectivity index (χ2v) is 4.20. The number of rotatable bonds is 9. The fourth-order valence-corrected chi connectivity index (χ4v) is 1.21. The van der Waals surface area contributed by atoms with Gasteiger partial charge in [0.1, 0.15) is 0 Å². The third kappa shape index (κ3) is 10.1. The minimum atomic E-state index is 0.115. The summed E-state index contributed by atoms with van der Waals surface area (Å²) in [6, 6.07) is 0. The van der Waals surface area contributed by atoms with Gasteiger partial charge in [0.25, 0.3) is 0 Å². The van der Waals surface area contributed by atoms with Crippen molar-refractivity contribution in [3.05, 3.63) is 0 Å². The first-order chi connectivity index (χ1) is 6.31. The first-order valence-corrected chi connectivity index (χ1v) is 6.02. The van der Waals surface area contributed by atoms with E-state index in [1.807, 2.05) is 11.8 Å². The highest BCUT2D eigenvalue weighted by Crippen LogP contribution is 2.07. The summed E-state index contributed by atoms with van der Waals surface area (Å²) in [5.74, 6) is 0. The molecule has 1 atom stereocenters. The van der Waals surface area contributed by atoms with E-state index in [1.54, 1.807) is 0 Å². The molecule has 0 rings (SSSR count). The van der Waals surface area contributed by atoms with Crippen LogP contribution in [0.4, 0.5) is 0 Å². The zero-order chi connectivity index (χ0) is 9.94. The third-order valence-corrected chi connectivity index (χ3v) is 2.83. The number of aliphatic hydroxyl groups excluding tert-OH is 1. The van der Waals surface area contributed by atoms with E-state index in [4.69, 9.17) is 9.84 Å². The maximum absolute atomic E-state index is 8.43. The Balaban J connectivity index is 2.91. The average Bonchev–Trinajstić information content (AvgIpc) is 2.16. The zero-order valence-corrected chi connectivity index (χ0v) is 9.40. The van der Waals surface area contributed by atoms with Gasteiger partial charge < -0.3 is 15.2 Å². The number of hydrogen-bond donors (Lipinski definition) is 2. The van der Waals surface area contributed by atoms with Crippen LogP contribution in [0, 0.1) is 0 Å². The topological polar surface area (TPSA) is 41.5 Å². The molecule has 0 aliphatic heterocycles. The minimum Gasteiger partial charge on any atom is -0.394 e. The molecule has 0 radical (unpaired) electrons. The van der Waals surface area contributed by atoms with Crippen molar-refractivity contribution in [1.29, 1.82) is 0 Å². The predicted octanol–water partition coefficient (Wildman–Crippen LogP) is 0.726. The van der Waals surface area contributed by atoms with Crippen molar-refractivity contribution in [3.8, 4) is 0 Å². The lowest BCUT2D eigenvalue weighted by Crippen LogP contribution is -2.23. The molecule has 0 spiro atoms. The molecule has 3 nitrogen and oxygen atoms in total. The Bertz CT molecular complexity index is 104. The summed E-state index contributed by atoms with van der Waals surface area (Å²) >= 11 is 1.89. The van der Waals surface area contributed by atoms with Crippen molar-refractivity contribution < 1.29 is 9.84 Å². The molecule has 0 aromatic carbocycles. The van der Waals surface area contributed by atoms with Crippen molar-refractivity contribution in [2.75, 3.05) is 39.2 Å². The van der Waals surface area contributed by atoms with E-state index in [0.29, 0.717) is 13.2 Å². The van der Waals surface area contributed by atoms with Gasteiger partial charge >= 0.3 is 0 Å². The minimum absolute atomic E-state index is 0.115. The van der Waals surface area contributed by atoms with Gasteiger partial charge in [-0.1, -0.05) is 6.92 Å². The highest BCUT2D eigenvalue weighted by atomic mass is 32.2. The van der Waals surface area contributed by atoms with Gasteiger partial charge in [0.15, 0.2) is 0 Å². The van der Waals surface area contributed by atoms with E-state index in [0.717, 1.165) is 18.3 Å². The van der Waals surface area contributed by atoms with Gasteiger partial charge in [-0.3, -0.25) is 0 Å². The Morgan fingerprint density at radius 3 is 2.77 bits per heavy atom. The lowest BCUT2D eigenvalue weighted by Gasteiger charge is -2.08. The van der Waals surface area contributed by atoms with Gasteiger partial charge in [-0.2, -0.15) is 11.8 Å². The molecule has 0 aromatic rings. The summed E-state index contributed by atoms with van der Waals surface area (Å²) in [7, 11) is 0. The zero-order valence-electron chi connectivity index (χ0n) is 8.58. The largest absolute Gasteiger partial charge is 0.394 e. The molecule has 0 aliphatic rings. The number of nitrogens with one attached hydrogen (secondary N) is 1. The molecular formula is C9H21NO2S. The van der Waals surface area contributed by atoms with Gasteiger partial charge in [-0.05, 0) is 19.2 Å². The molecule has 0 aromatic heterocycles. The van der Waals surface area contributed by atoms with E-state index in [9.17, 15) is 0 Å². The Kier molecular flexibility index (Phi) is 10.5. The molecular weight excluding hydrogens is 186 g/mol. The van der Waals surface area contributed by atoms with Gasteiger partial charge in [-0.15, -0.1) is 0 Å². The molecule has 0 saturated heterocycles. The lowest BCUT2D eigenvalue weighted by atomic mass is 10.3. The number of aliphatic hydroxyl groups is 1. The Hall–Kier alpha value is 0.230. The number of thioether (sulfide) groups is 1. The maximum Gasteiger partial charge on any atom is 0.0698 e. The van der Waals surface area contributed by atoms with Crippen LogP contribution in [0.1, 0.15) is 13.3 Å². The molecule has 0 saturated carbocycles. The maximum atomic E-state index is 8.43. The van der Waals surface area contributed by atoms with Crippen LogP contribution < -0.4 is 5.32 Å². The average molecular weight is 207 g/mol. The molecule has 0 bridgehead atoms. The van der Waals surface area contributed by atoms with Crippen LogP contribution in [0.2, 0.25) is 0 Å². The van der Waals surface area contributed by atoms with E-state index in [-0.39, 0.29) is 6.61 Å². The normalized spacial score (nSPS) is 13.2. The van der Waals surface area contributed by atoms with Crippen LogP contribution in [0.25, 0.3) is 0 Å². The summed E-state index contributed by atoms with van der Waals surface area (Å²) in [5.41, 5.74) is 0. The highest BCUT2D eigenvalue weighted by molar-refractivity contribution is 7.99. The molecule has 4 heteroatoms. The monoisotopic (exact) mass is 207 g/mol. The SMILES string of the molecule is CSC(C)CCNCCOCCO. The number of ether oxygens (including phenoxy) is 1. The molecule has 0 amide bonds. The predicted molar refractivity (Wildman–Crippen MR) is 58.4 cm³/mol. The quantitative estimate of drug-likeness (QED) is 0.547. The van der Waals surface area contributed by atoms with E-state index in [1.165, 1.54) is 6.42 Å². The summed E-state index contributed by atoms with van der Waals surface area (Å²) in [4.78, 5) is 0. The first kappa shape index (κ1) is 13.2. The fraction of sp³-hybridized carbons (Fsp3) is 1.00. The summed E-state index contributed by atoms with van der Waals surface area (Å²) in [6.45, 7) is 5.40. The van der Waals surface area contributed by atoms with Crippen molar-refractivity contribution >= 4 is 11.8 Å². The first-order valence-electron chi connectivity index (χ1n) is 4.73. The lowest BCUT2D eigenvalue weighted by molar-refractivity contribution is 0.0940. The van der Waals surface area contributed by atoms with Gasteiger partial charge in [0.2, 0.25) is 0 Å². The van der Waals surface area contributed by atoms with Crippen molar-refractivity contribution in [2.24, 2.45) is 0 Å². The molecule has 0 heterocycles. The van der Waals surface area contributed by atoms with E-state index < -0.39 is 0 Å². The van der Waals surface area contributed by atoms with Crippen molar-refractivity contribution in [1.82, 2.24) is 5.32 Å². The van der Waals surface area contributed by atoms with Gasteiger partial charge in [-0.25, -0.2) is 0 Å². The van der Waals surface area contributed by atoms with Crippen LogP contribution in [-0.4, -0.2) is 49.5 Å². The van der Waals surface area contributed by atoms with Gasteiger partial charge in [0, 0.05) is 11.8 Å². The summed E-state index contributed by atoms with van der Waals surface area (Å²) in [5, 5.41) is 12.4. The molecule has 80 valence electrons. The Morgan fingerprint density at radius 1 is 1.38 bits per heavy atom. The molecule has 0 aliphatic carbocycles. The Labute approximate surface area is 85.2 Å². The number of hydrogen-bond acceptors (Lipinski definition) is 4. The highest BCUT2D eigenvalue weighted by Gasteiger charge is 1.97.